The van der Waals surface area contributed by atoms with Crippen molar-refractivity contribution in [2.24, 2.45) is 10.8 Å². The minimum atomic E-state index is -0.330. The number of benzene rings is 1. The summed E-state index contributed by atoms with van der Waals surface area (Å²) in [5.74, 6) is 0.532. The summed E-state index contributed by atoms with van der Waals surface area (Å²) < 4.78 is 0. The predicted octanol–water partition coefficient (Wildman–Crippen LogP) is 3.14. The number of likely N-dealkylation sites (tertiary alicyclic amines) is 2. The van der Waals surface area contributed by atoms with Crippen molar-refractivity contribution in [1.29, 1.82) is 0 Å². The smallest absolute Gasteiger partial charge is 0.230 e. The number of amides is 2. The quantitative estimate of drug-likeness (QED) is 0.848. The van der Waals surface area contributed by atoms with Gasteiger partial charge < -0.3 is 9.80 Å². The van der Waals surface area contributed by atoms with Gasteiger partial charge in [-0.3, -0.25) is 9.59 Å². The Morgan fingerprint density at radius 3 is 2.68 bits per heavy atom. The second-order valence-corrected chi connectivity index (χ2v) is 8.64. The van der Waals surface area contributed by atoms with Crippen LogP contribution in [0.1, 0.15) is 50.2 Å². The van der Waals surface area contributed by atoms with Gasteiger partial charge in [-0.15, -0.1) is 0 Å². The number of piperidine rings is 1. The van der Waals surface area contributed by atoms with Crippen LogP contribution in [0.25, 0.3) is 0 Å². The number of rotatable bonds is 3. The molecule has 1 unspecified atom stereocenters. The zero-order valence-corrected chi connectivity index (χ0v) is 15.4. The molecule has 0 radical (unpaired) electrons. The summed E-state index contributed by atoms with van der Waals surface area (Å²) in [5.41, 5.74) is 1.96. The first-order valence-corrected chi connectivity index (χ1v) is 9.56. The van der Waals surface area contributed by atoms with Crippen molar-refractivity contribution in [2.75, 3.05) is 19.6 Å². The summed E-state index contributed by atoms with van der Waals surface area (Å²) in [6.45, 7) is 7.05. The maximum Gasteiger partial charge on any atom is 0.230 e. The van der Waals surface area contributed by atoms with E-state index in [4.69, 9.17) is 0 Å². The maximum atomic E-state index is 13.3. The molecule has 2 saturated heterocycles. The number of nitrogens with zero attached hydrogens (tertiary/aromatic N) is 2. The van der Waals surface area contributed by atoms with Crippen molar-refractivity contribution < 1.29 is 9.59 Å². The summed E-state index contributed by atoms with van der Waals surface area (Å²) in [6, 6.07) is 8.40. The van der Waals surface area contributed by atoms with Crippen LogP contribution in [0.4, 0.5) is 0 Å². The van der Waals surface area contributed by atoms with Crippen LogP contribution in [-0.2, 0) is 16.1 Å². The zero-order chi connectivity index (χ0) is 17.7. The molecule has 4 heteroatoms. The molecular weight excluding hydrogens is 312 g/mol. The molecule has 1 aromatic rings. The van der Waals surface area contributed by atoms with E-state index in [-0.39, 0.29) is 22.6 Å². The van der Waals surface area contributed by atoms with E-state index in [0.29, 0.717) is 13.1 Å². The molecule has 0 N–H and O–H groups in total. The lowest BCUT2D eigenvalue weighted by molar-refractivity contribution is -0.147. The third-order valence-electron chi connectivity index (χ3n) is 6.44. The highest BCUT2D eigenvalue weighted by Crippen LogP contribution is 2.49. The van der Waals surface area contributed by atoms with Crippen LogP contribution in [0.2, 0.25) is 0 Å². The summed E-state index contributed by atoms with van der Waals surface area (Å²) in [4.78, 5) is 29.9. The second kappa shape index (κ2) is 5.86. The zero-order valence-electron chi connectivity index (χ0n) is 15.4. The van der Waals surface area contributed by atoms with Gasteiger partial charge in [-0.05, 0) is 44.6 Å². The lowest BCUT2D eigenvalue weighted by Gasteiger charge is -2.39. The van der Waals surface area contributed by atoms with Gasteiger partial charge in [0.1, 0.15) is 0 Å². The molecule has 1 spiro atoms. The highest BCUT2D eigenvalue weighted by Gasteiger charge is 2.54. The first kappa shape index (κ1) is 16.6. The Morgan fingerprint density at radius 2 is 1.96 bits per heavy atom. The molecule has 1 atom stereocenters. The lowest BCUT2D eigenvalue weighted by atomic mass is 9.78. The van der Waals surface area contributed by atoms with Crippen molar-refractivity contribution in [3.05, 3.63) is 35.4 Å². The summed E-state index contributed by atoms with van der Waals surface area (Å²) in [5, 5.41) is 0. The summed E-state index contributed by atoms with van der Waals surface area (Å²) in [6.07, 6.45) is 4.80. The molecule has 2 aliphatic heterocycles. The minimum Gasteiger partial charge on any atom is -0.341 e. The minimum absolute atomic E-state index is 0.134. The molecule has 1 aromatic carbocycles. The monoisotopic (exact) mass is 340 g/mol. The fraction of sp³-hybridized carbons (Fsp3) is 0.619. The number of aryl methyl sites for hydroxylation is 1. The first-order valence-electron chi connectivity index (χ1n) is 9.56. The van der Waals surface area contributed by atoms with E-state index in [1.807, 2.05) is 9.80 Å². The van der Waals surface area contributed by atoms with Crippen molar-refractivity contribution in [1.82, 2.24) is 9.80 Å². The van der Waals surface area contributed by atoms with Gasteiger partial charge in [0.15, 0.2) is 0 Å². The molecule has 3 aliphatic rings. The van der Waals surface area contributed by atoms with Gasteiger partial charge in [0.2, 0.25) is 11.8 Å². The second-order valence-electron chi connectivity index (χ2n) is 8.64. The Labute approximate surface area is 150 Å². The predicted molar refractivity (Wildman–Crippen MR) is 96.8 cm³/mol. The first-order chi connectivity index (χ1) is 11.9. The lowest BCUT2D eigenvalue weighted by Crippen LogP contribution is -2.50. The van der Waals surface area contributed by atoms with E-state index in [9.17, 15) is 9.59 Å². The van der Waals surface area contributed by atoms with Gasteiger partial charge in [-0.1, -0.05) is 36.8 Å². The third-order valence-corrected chi connectivity index (χ3v) is 6.44. The molecule has 134 valence electrons. The number of carbonyl (C=O) groups excluding carboxylic acids is 2. The Balaban J connectivity index is 1.47. The molecule has 4 rings (SSSR count). The number of hydrogen-bond acceptors (Lipinski definition) is 2. The Kier molecular flexibility index (Phi) is 3.89. The highest BCUT2D eigenvalue weighted by atomic mass is 16.2. The fourth-order valence-electron chi connectivity index (χ4n) is 4.54. The summed E-state index contributed by atoms with van der Waals surface area (Å²) in [7, 11) is 0. The van der Waals surface area contributed by atoms with Gasteiger partial charge in [0.25, 0.3) is 0 Å². The van der Waals surface area contributed by atoms with Crippen molar-refractivity contribution in [2.45, 2.75) is 52.5 Å². The normalized spacial score (nSPS) is 27.8. The van der Waals surface area contributed by atoms with E-state index < -0.39 is 0 Å². The fourth-order valence-corrected chi connectivity index (χ4v) is 4.54. The van der Waals surface area contributed by atoms with Crippen LogP contribution >= 0.6 is 0 Å². The Hall–Kier alpha value is -1.84. The van der Waals surface area contributed by atoms with Crippen LogP contribution in [0.3, 0.4) is 0 Å². The third kappa shape index (κ3) is 2.96. The van der Waals surface area contributed by atoms with Crippen LogP contribution in [0.5, 0.6) is 0 Å². The molecule has 1 aliphatic carbocycles. The van der Waals surface area contributed by atoms with E-state index in [1.54, 1.807) is 0 Å². The van der Waals surface area contributed by atoms with E-state index in [1.165, 1.54) is 11.1 Å². The van der Waals surface area contributed by atoms with Crippen LogP contribution < -0.4 is 0 Å². The molecule has 0 aromatic heterocycles. The Morgan fingerprint density at radius 1 is 1.16 bits per heavy atom. The molecular formula is C21H28N2O2. The number of hydrogen-bond donors (Lipinski definition) is 0. The van der Waals surface area contributed by atoms with E-state index >= 15 is 0 Å². The molecule has 2 amide bonds. The van der Waals surface area contributed by atoms with Crippen molar-refractivity contribution >= 4 is 11.8 Å². The molecule has 0 bridgehead atoms. The van der Waals surface area contributed by atoms with Crippen LogP contribution in [0.15, 0.2) is 24.3 Å². The van der Waals surface area contributed by atoms with Gasteiger partial charge in [-0.2, -0.15) is 0 Å². The van der Waals surface area contributed by atoms with Crippen LogP contribution in [0, 0.1) is 17.8 Å². The highest BCUT2D eigenvalue weighted by molar-refractivity contribution is 5.88. The van der Waals surface area contributed by atoms with Gasteiger partial charge in [-0.25, -0.2) is 0 Å². The van der Waals surface area contributed by atoms with Gasteiger partial charge >= 0.3 is 0 Å². The Bertz CT molecular complexity index is 710. The standard InChI is InChI=1S/C21H28N2O2/c1-16-5-3-6-17(13-16)14-22-11-4-7-21(19(22)25)10-12-23(15-21)18(24)20(2)8-9-20/h3,5-6,13H,4,7-12,14-15H2,1-2H3. The molecule has 25 heavy (non-hydrogen) atoms. The number of carbonyl (C=O) groups is 2. The van der Waals surface area contributed by atoms with Crippen molar-refractivity contribution in [3.8, 4) is 0 Å². The van der Waals surface area contributed by atoms with Gasteiger partial charge in [0.05, 0.1) is 5.41 Å². The molecule has 4 nitrogen and oxygen atoms in total. The van der Waals surface area contributed by atoms with Crippen molar-refractivity contribution in [3.63, 3.8) is 0 Å². The average Bonchev–Trinajstić information content (AvgIpc) is 3.20. The molecule has 2 heterocycles. The summed E-state index contributed by atoms with van der Waals surface area (Å²) >= 11 is 0. The van der Waals surface area contributed by atoms with E-state index in [2.05, 4.69) is 38.1 Å². The van der Waals surface area contributed by atoms with Crippen LogP contribution in [-0.4, -0.2) is 41.2 Å². The SMILES string of the molecule is Cc1cccc(CN2CCCC3(CCN(C(=O)C4(C)CC4)C3)C2=O)c1. The molecule has 1 saturated carbocycles. The molecule has 3 fully saturated rings. The topological polar surface area (TPSA) is 40.6 Å². The van der Waals surface area contributed by atoms with Gasteiger partial charge in [0, 0.05) is 31.6 Å². The largest absolute Gasteiger partial charge is 0.341 e. The maximum absolute atomic E-state index is 13.3. The average molecular weight is 340 g/mol. The van der Waals surface area contributed by atoms with E-state index in [0.717, 1.165) is 45.2 Å².